The Morgan fingerprint density at radius 1 is 1.12 bits per heavy atom. The average molecular weight is 235 g/mol. The molecule has 0 bridgehead atoms. The van der Waals surface area contributed by atoms with E-state index in [4.69, 9.17) is 4.74 Å². The van der Waals surface area contributed by atoms with Gasteiger partial charge in [0.25, 0.3) is 0 Å². The summed E-state index contributed by atoms with van der Waals surface area (Å²) in [6.07, 6.45) is 3.93. The highest BCUT2D eigenvalue weighted by atomic mass is 16.5. The van der Waals surface area contributed by atoms with Crippen molar-refractivity contribution in [2.45, 2.75) is 37.8 Å². The van der Waals surface area contributed by atoms with Gasteiger partial charge in [0.05, 0.1) is 6.10 Å². The van der Waals surface area contributed by atoms with Gasteiger partial charge in [0.15, 0.2) is 0 Å². The molecule has 2 rings (SSSR count). The minimum absolute atomic E-state index is 0.0754. The first-order valence-corrected chi connectivity index (χ1v) is 6.44. The van der Waals surface area contributed by atoms with E-state index in [1.54, 1.807) is 0 Å². The number of rotatable bonds is 5. The van der Waals surface area contributed by atoms with Crippen molar-refractivity contribution in [3.8, 4) is 5.75 Å². The summed E-state index contributed by atoms with van der Waals surface area (Å²) in [7, 11) is 0. The van der Waals surface area contributed by atoms with Crippen molar-refractivity contribution in [2.24, 2.45) is 0 Å². The zero-order chi connectivity index (χ0) is 11.9. The third-order valence-corrected chi connectivity index (χ3v) is 3.24. The predicted octanol–water partition coefficient (Wildman–Crippen LogP) is 1.96. The first-order chi connectivity index (χ1) is 8.34. The second-order valence-electron chi connectivity index (χ2n) is 4.62. The van der Waals surface area contributed by atoms with Gasteiger partial charge < -0.3 is 15.2 Å². The standard InChI is InChI=1S/C14H21NO2/c16-13-8-6-12(7-9-13)15-10-11-17-14-4-2-1-3-5-14/h1-5,12-13,15-16H,6-11H2. The molecule has 1 saturated carbocycles. The molecule has 1 aliphatic rings. The van der Waals surface area contributed by atoms with Crippen LogP contribution in [0.25, 0.3) is 0 Å². The van der Waals surface area contributed by atoms with E-state index in [1.165, 1.54) is 0 Å². The summed E-state index contributed by atoms with van der Waals surface area (Å²) >= 11 is 0. The lowest BCUT2D eigenvalue weighted by molar-refractivity contribution is 0.116. The highest BCUT2D eigenvalue weighted by Crippen LogP contribution is 2.18. The molecule has 0 aromatic heterocycles. The number of para-hydroxylation sites is 1. The Labute approximate surface area is 103 Å². The van der Waals surface area contributed by atoms with E-state index >= 15 is 0 Å². The quantitative estimate of drug-likeness (QED) is 0.767. The normalized spacial score (nSPS) is 24.5. The van der Waals surface area contributed by atoms with Crippen molar-refractivity contribution in [2.75, 3.05) is 13.2 Å². The van der Waals surface area contributed by atoms with Crippen LogP contribution in [0.5, 0.6) is 5.75 Å². The van der Waals surface area contributed by atoms with E-state index in [2.05, 4.69) is 5.32 Å². The lowest BCUT2D eigenvalue weighted by Crippen LogP contribution is -2.36. The Bertz CT molecular complexity index is 307. The lowest BCUT2D eigenvalue weighted by Gasteiger charge is -2.26. The van der Waals surface area contributed by atoms with E-state index in [0.717, 1.165) is 38.0 Å². The van der Waals surface area contributed by atoms with Crippen LogP contribution in [0.3, 0.4) is 0 Å². The van der Waals surface area contributed by atoms with Crippen molar-refractivity contribution < 1.29 is 9.84 Å². The van der Waals surface area contributed by atoms with Crippen LogP contribution >= 0.6 is 0 Å². The Morgan fingerprint density at radius 2 is 1.82 bits per heavy atom. The van der Waals surface area contributed by atoms with Crippen molar-refractivity contribution in [1.29, 1.82) is 0 Å². The second kappa shape index (κ2) is 6.62. The van der Waals surface area contributed by atoms with Crippen LogP contribution in [0.15, 0.2) is 30.3 Å². The third-order valence-electron chi connectivity index (χ3n) is 3.24. The van der Waals surface area contributed by atoms with Gasteiger partial charge in [0, 0.05) is 12.6 Å². The number of nitrogens with one attached hydrogen (secondary N) is 1. The van der Waals surface area contributed by atoms with E-state index in [9.17, 15) is 5.11 Å². The first kappa shape index (κ1) is 12.4. The van der Waals surface area contributed by atoms with E-state index in [0.29, 0.717) is 12.6 Å². The Balaban J connectivity index is 1.57. The van der Waals surface area contributed by atoms with Crippen molar-refractivity contribution >= 4 is 0 Å². The minimum atomic E-state index is -0.0754. The molecule has 94 valence electrons. The van der Waals surface area contributed by atoms with Crippen LogP contribution in [0, 0.1) is 0 Å². The monoisotopic (exact) mass is 235 g/mol. The smallest absolute Gasteiger partial charge is 0.119 e. The van der Waals surface area contributed by atoms with Crippen LogP contribution in [-0.4, -0.2) is 30.4 Å². The third kappa shape index (κ3) is 4.36. The molecule has 0 radical (unpaired) electrons. The van der Waals surface area contributed by atoms with Crippen LogP contribution < -0.4 is 10.1 Å². The van der Waals surface area contributed by atoms with Gasteiger partial charge in [0.2, 0.25) is 0 Å². The largest absolute Gasteiger partial charge is 0.492 e. The highest BCUT2D eigenvalue weighted by molar-refractivity contribution is 5.20. The molecule has 0 atom stereocenters. The second-order valence-corrected chi connectivity index (χ2v) is 4.62. The van der Waals surface area contributed by atoms with Gasteiger partial charge in [0.1, 0.15) is 12.4 Å². The van der Waals surface area contributed by atoms with E-state index in [-0.39, 0.29) is 6.10 Å². The Hall–Kier alpha value is -1.06. The van der Waals surface area contributed by atoms with Gasteiger partial charge in [-0.05, 0) is 37.8 Å². The average Bonchev–Trinajstić information content (AvgIpc) is 2.38. The number of hydrogen-bond acceptors (Lipinski definition) is 3. The summed E-state index contributed by atoms with van der Waals surface area (Å²) < 4.78 is 5.61. The van der Waals surface area contributed by atoms with Crippen molar-refractivity contribution in [3.63, 3.8) is 0 Å². The topological polar surface area (TPSA) is 41.5 Å². The van der Waals surface area contributed by atoms with Crippen molar-refractivity contribution in [3.05, 3.63) is 30.3 Å². The summed E-state index contributed by atoms with van der Waals surface area (Å²) in [5.74, 6) is 0.924. The molecule has 0 heterocycles. The first-order valence-electron chi connectivity index (χ1n) is 6.44. The molecule has 1 aromatic carbocycles. The summed E-state index contributed by atoms with van der Waals surface area (Å²) in [6.45, 7) is 1.57. The van der Waals surface area contributed by atoms with Gasteiger partial charge in [-0.15, -0.1) is 0 Å². The van der Waals surface area contributed by atoms with E-state index < -0.39 is 0 Å². The number of ether oxygens (including phenoxy) is 1. The molecule has 3 heteroatoms. The number of hydrogen-bond donors (Lipinski definition) is 2. The summed E-state index contributed by atoms with van der Waals surface area (Å²) in [5, 5.41) is 12.9. The number of aliphatic hydroxyl groups is 1. The number of benzene rings is 1. The summed E-state index contributed by atoms with van der Waals surface area (Å²) in [5.41, 5.74) is 0. The van der Waals surface area contributed by atoms with Gasteiger partial charge in [-0.3, -0.25) is 0 Å². The maximum absolute atomic E-state index is 9.39. The van der Waals surface area contributed by atoms with Crippen LogP contribution in [-0.2, 0) is 0 Å². The highest BCUT2D eigenvalue weighted by Gasteiger charge is 2.18. The van der Waals surface area contributed by atoms with Gasteiger partial charge in [-0.25, -0.2) is 0 Å². The van der Waals surface area contributed by atoms with E-state index in [1.807, 2.05) is 30.3 Å². The SMILES string of the molecule is OC1CCC(NCCOc2ccccc2)CC1. The Morgan fingerprint density at radius 3 is 2.53 bits per heavy atom. The van der Waals surface area contributed by atoms with Gasteiger partial charge in [-0.2, -0.15) is 0 Å². The predicted molar refractivity (Wildman–Crippen MR) is 68.2 cm³/mol. The number of aliphatic hydroxyl groups excluding tert-OH is 1. The van der Waals surface area contributed by atoms with Gasteiger partial charge in [-0.1, -0.05) is 18.2 Å². The zero-order valence-corrected chi connectivity index (χ0v) is 10.1. The maximum Gasteiger partial charge on any atom is 0.119 e. The molecule has 3 nitrogen and oxygen atoms in total. The molecular formula is C14H21NO2. The molecule has 0 unspecified atom stereocenters. The summed E-state index contributed by atoms with van der Waals surface area (Å²) in [4.78, 5) is 0. The fourth-order valence-corrected chi connectivity index (χ4v) is 2.23. The molecule has 1 fully saturated rings. The van der Waals surface area contributed by atoms with Crippen LogP contribution in [0.4, 0.5) is 0 Å². The van der Waals surface area contributed by atoms with Crippen LogP contribution in [0.1, 0.15) is 25.7 Å². The Kier molecular flexibility index (Phi) is 4.83. The minimum Gasteiger partial charge on any atom is -0.492 e. The molecule has 1 aliphatic carbocycles. The maximum atomic E-state index is 9.39. The zero-order valence-electron chi connectivity index (χ0n) is 10.1. The fraction of sp³-hybridized carbons (Fsp3) is 0.571. The van der Waals surface area contributed by atoms with Crippen molar-refractivity contribution in [1.82, 2.24) is 5.32 Å². The fourth-order valence-electron chi connectivity index (χ4n) is 2.23. The lowest BCUT2D eigenvalue weighted by atomic mass is 9.93. The molecule has 2 N–H and O–H groups in total. The summed E-state index contributed by atoms with van der Waals surface area (Å²) in [6, 6.07) is 10.4. The molecule has 0 saturated heterocycles. The molecule has 17 heavy (non-hydrogen) atoms. The molecule has 0 aliphatic heterocycles. The molecule has 0 amide bonds. The molecule has 0 spiro atoms. The van der Waals surface area contributed by atoms with Crippen LogP contribution in [0.2, 0.25) is 0 Å². The molecular weight excluding hydrogens is 214 g/mol. The van der Waals surface area contributed by atoms with Gasteiger partial charge >= 0.3 is 0 Å². The molecule has 1 aromatic rings.